The summed E-state index contributed by atoms with van der Waals surface area (Å²) in [4.78, 5) is 16.0. The van der Waals surface area contributed by atoms with Crippen LogP contribution in [0.25, 0.3) is 0 Å². The van der Waals surface area contributed by atoms with Gasteiger partial charge in [0, 0.05) is 11.4 Å². The van der Waals surface area contributed by atoms with Crippen molar-refractivity contribution < 1.29 is 9.21 Å². The zero-order chi connectivity index (χ0) is 14.1. The molecular weight excluding hydrogens is 272 g/mol. The molecule has 2 aromatic rings. The van der Waals surface area contributed by atoms with Gasteiger partial charge in [0.05, 0.1) is 12.6 Å². The van der Waals surface area contributed by atoms with E-state index in [4.69, 9.17) is 10.2 Å². The topological polar surface area (TPSA) is 59.5 Å². The Morgan fingerprint density at radius 3 is 3.05 bits per heavy atom. The molecular formula is C15H18N2O2S. The van der Waals surface area contributed by atoms with Crippen molar-refractivity contribution in [1.82, 2.24) is 4.90 Å². The van der Waals surface area contributed by atoms with Crippen molar-refractivity contribution in [3.8, 4) is 0 Å². The first-order chi connectivity index (χ1) is 9.74. The predicted molar refractivity (Wildman–Crippen MR) is 78.7 cm³/mol. The van der Waals surface area contributed by atoms with Crippen LogP contribution in [-0.4, -0.2) is 17.4 Å². The number of hydrogen-bond acceptors (Lipinski definition) is 4. The van der Waals surface area contributed by atoms with Crippen LogP contribution < -0.4 is 5.73 Å². The highest BCUT2D eigenvalue weighted by atomic mass is 32.1. The standard InChI is InChI=1S/C15H18N2O2S/c1-2-12-11-6-8-20-14(11)5-7-17(12)15(18)13-4-3-10(9-16)19-13/h3-4,6,8,12H,2,5,7,9,16H2,1H3. The Bertz CT molecular complexity index is 617. The van der Waals surface area contributed by atoms with Crippen molar-refractivity contribution in [2.75, 3.05) is 6.54 Å². The third kappa shape index (κ3) is 2.17. The van der Waals surface area contributed by atoms with Crippen molar-refractivity contribution in [2.45, 2.75) is 32.4 Å². The first-order valence-electron chi connectivity index (χ1n) is 6.90. The maximum Gasteiger partial charge on any atom is 0.290 e. The molecule has 1 atom stereocenters. The molecule has 106 valence electrons. The van der Waals surface area contributed by atoms with E-state index >= 15 is 0 Å². The summed E-state index contributed by atoms with van der Waals surface area (Å²) in [6, 6.07) is 5.79. The van der Waals surface area contributed by atoms with Gasteiger partial charge in [0.2, 0.25) is 0 Å². The van der Waals surface area contributed by atoms with Crippen LogP contribution in [0.2, 0.25) is 0 Å². The second-order valence-corrected chi connectivity index (χ2v) is 5.94. The van der Waals surface area contributed by atoms with Crippen molar-refractivity contribution in [3.05, 3.63) is 45.5 Å². The van der Waals surface area contributed by atoms with E-state index in [1.54, 1.807) is 23.5 Å². The minimum absolute atomic E-state index is 0.0339. The SMILES string of the molecule is CCC1c2ccsc2CCN1C(=O)c1ccc(CN)o1. The van der Waals surface area contributed by atoms with Crippen LogP contribution in [0.15, 0.2) is 28.0 Å². The zero-order valence-corrected chi connectivity index (χ0v) is 12.3. The average Bonchev–Trinajstić information content (AvgIpc) is 3.13. The number of nitrogens with two attached hydrogens (primary N) is 1. The highest BCUT2D eigenvalue weighted by molar-refractivity contribution is 7.10. The van der Waals surface area contributed by atoms with Gasteiger partial charge < -0.3 is 15.1 Å². The first kappa shape index (κ1) is 13.4. The molecule has 0 saturated carbocycles. The number of thiophene rings is 1. The Kier molecular flexibility index (Phi) is 3.63. The Hall–Kier alpha value is -1.59. The number of rotatable bonds is 3. The van der Waals surface area contributed by atoms with Crippen LogP contribution in [0.1, 0.15) is 46.1 Å². The number of amides is 1. The van der Waals surface area contributed by atoms with Gasteiger partial charge in [-0.2, -0.15) is 0 Å². The van der Waals surface area contributed by atoms with Crippen LogP contribution in [0.5, 0.6) is 0 Å². The van der Waals surface area contributed by atoms with Gasteiger partial charge in [-0.3, -0.25) is 4.79 Å². The smallest absolute Gasteiger partial charge is 0.290 e. The van der Waals surface area contributed by atoms with E-state index in [0.717, 1.165) is 19.4 Å². The minimum Gasteiger partial charge on any atom is -0.455 e. The van der Waals surface area contributed by atoms with E-state index in [9.17, 15) is 4.79 Å². The molecule has 3 rings (SSSR count). The van der Waals surface area contributed by atoms with Gasteiger partial charge in [-0.1, -0.05) is 6.92 Å². The lowest BCUT2D eigenvalue weighted by atomic mass is 9.97. The Morgan fingerprint density at radius 1 is 1.50 bits per heavy atom. The largest absolute Gasteiger partial charge is 0.455 e. The number of fused-ring (bicyclic) bond motifs is 1. The van der Waals surface area contributed by atoms with E-state index in [1.165, 1.54) is 10.4 Å². The van der Waals surface area contributed by atoms with Crippen molar-refractivity contribution in [3.63, 3.8) is 0 Å². The molecule has 0 aromatic carbocycles. The predicted octanol–water partition coefficient (Wildman–Crippen LogP) is 2.95. The minimum atomic E-state index is -0.0339. The van der Waals surface area contributed by atoms with E-state index in [0.29, 0.717) is 18.1 Å². The fourth-order valence-corrected chi connectivity index (χ4v) is 3.75. The molecule has 20 heavy (non-hydrogen) atoms. The lowest BCUT2D eigenvalue weighted by Crippen LogP contribution is -2.39. The molecule has 5 heteroatoms. The van der Waals surface area contributed by atoms with Gasteiger partial charge in [-0.05, 0) is 42.0 Å². The molecule has 0 fully saturated rings. The van der Waals surface area contributed by atoms with Gasteiger partial charge in [-0.25, -0.2) is 0 Å². The van der Waals surface area contributed by atoms with Crippen molar-refractivity contribution in [2.24, 2.45) is 5.73 Å². The molecule has 0 aliphatic carbocycles. The molecule has 1 aliphatic rings. The third-order valence-corrected chi connectivity index (χ3v) is 4.81. The highest BCUT2D eigenvalue weighted by Crippen LogP contribution is 2.36. The summed E-state index contributed by atoms with van der Waals surface area (Å²) >= 11 is 1.78. The summed E-state index contributed by atoms with van der Waals surface area (Å²) in [5.41, 5.74) is 6.82. The summed E-state index contributed by atoms with van der Waals surface area (Å²) in [5.74, 6) is 1.01. The molecule has 1 amide bonds. The fraction of sp³-hybridized carbons (Fsp3) is 0.400. The van der Waals surface area contributed by atoms with Gasteiger partial charge in [0.15, 0.2) is 5.76 Å². The van der Waals surface area contributed by atoms with Gasteiger partial charge in [-0.15, -0.1) is 11.3 Å². The average molecular weight is 290 g/mol. The molecule has 1 aliphatic heterocycles. The molecule has 1 unspecified atom stereocenters. The van der Waals surface area contributed by atoms with E-state index in [-0.39, 0.29) is 11.9 Å². The summed E-state index contributed by atoms with van der Waals surface area (Å²) in [5, 5.41) is 2.11. The van der Waals surface area contributed by atoms with Crippen LogP contribution in [0.4, 0.5) is 0 Å². The molecule has 0 radical (unpaired) electrons. The van der Waals surface area contributed by atoms with Crippen molar-refractivity contribution >= 4 is 17.2 Å². The summed E-state index contributed by atoms with van der Waals surface area (Å²) in [6.45, 7) is 3.19. The monoisotopic (exact) mass is 290 g/mol. The third-order valence-electron chi connectivity index (χ3n) is 3.82. The molecule has 2 aromatic heterocycles. The van der Waals surface area contributed by atoms with E-state index in [2.05, 4.69) is 18.4 Å². The van der Waals surface area contributed by atoms with Crippen LogP contribution in [-0.2, 0) is 13.0 Å². The maximum atomic E-state index is 12.6. The number of carbonyl (C=O) groups is 1. The molecule has 3 heterocycles. The Morgan fingerprint density at radius 2 is 2.35 bits per heavy atom. The molecule has 2 N–H and O–H groups in total. The first-order valence-corrected chi connectivity index (χ1v) is 7.78. The van der Waals surface area contributed by atoms with Crippen LogP contribution in [0, 0.1) is 0 Å². The van der Waals surface area contributed by atoms with Gasteiger partial charge >= 0.3 is 0 Å². The number of hydrogen-bond donors (Lipinski definition) is 1. The van der Waals surface area contributed by atoms with Crippen LogP contribution >= 0.6 is 11.3 Å². The molecule has 0 spiro atoms. The summed E-state index contributed by atoms with van der Waals surface area (Å²) in [6.07, 6.45) is 1.85. The van der Waals surface area contributed by atoms with Gasteiger partial charge in [0.25, 0.3) is 5.91 Å². The molecule has 4 nitrogen and oxygen atoms in total. The zero-order valence-electron chi connectivity index (χ0n) is 11.5. The van der Waals surface area contributed by atoms with Crippen molar-refractivity contribution in [1.29, 1.82) is 0 Å². The van der Waals surface area contributed by atoms with Crippen LogP contribution in [0.3, 0.4) is 0 Å². The summed E-state index contributed by atoms with van der Waals surface area (Å²) < 4.78 is 5.50. The Balaban J connectivity index is 1.88. The lowest BCUT2D eigenvalue weighted by molar-refractivity contribution is 0.0623. The second-order valence-electron chi connectivity index (χ2n) is 4.94. The maximum absolute atomic E-state index is 12.6. The summed E-state index contributed by atoms with van der Waals surface area (Å²) in [7, 11) is 0. The number of nitrogens with zero attached hydrogens (tertiary/aromatic N) is 1. The lowest BCUT2D eigenvalue weighted by Gasteiger charge is -2.34. The molecule has 0 bridgehead atoms. The van der Waals surface area contributed by atoms with E-state index in [1.807, 2.05) is 4.90 Å². The Labute approximate surface area is 122 Å². The quantitative estimate of drug-likeness (QED) is 0.945. The normalized spacial score (nSPS) is 18.1. The highest BCUT2D eigenvalue weighted by Gasteiger charge is 2.32. The second kappa shape index (κ2) is 5.42. The fourth-order valence-electron chi connectivity index (χ4n) is 2.82. The van der Waals surface area contributed by atoms with Gasteiger partial charge in [0.1, 0.15) is 5.76 Å². The number of furan rings is 1. The molecule has 0 saturated heterocycles. The van der Waals surface area contributed by atoms with E-state index < -0.39 is 0 Å². The number of carbonyl (C=O) groups excluding carboxylic acids is 1.